The Hall–Kier alpha value is -0.726. The summed E-state index contributed by atoms with van der Waals surface area (Å²) in [5.41, 5.74) is 2.35. The van der Waals surface area contributed by atoms with Crippen LogP contribution in [0.15, 0.2) is 29.3 Å². The Balaban J connectivity index is 0.000000605. The van der Waals surface area contributed by atoms with Gasteiger partial charge in [0.2, 0.25) is 0 Å². The molecule has 0 unspecified atom stereocenters. The molecule has 11 heavy (non-hydrogen) atoms. The fraction of sp³-hybridized carbons (Fsp3) is 0. The molecule has 0 aliphatic carbocycles. The van der Waals surface area contributed by atoms with E-state index in [0.29, 0.717) is 5.71 Å². The second-order valence-electron chi connectivity index (χ2n) is 2.19. The van der Waals surface area contributed by atoms with E-state index in [0.717, 1.165) is 11.3 Å². The van der Waals surface area contributed by atoms with Crippen molar-refractivity contribution in [1.82, 2.24) is 0 Å². The van der Waals surface area contributed by atoms with Crippen LogP contribution in [-0.2, 0) is 21.7 Å². The summed E-state index contributed by atoms with van der Waals surface area (Å²) in [5, 5.41) is 7.38. The zero-order valence-electron chi connectivity index (χ0n) is 5.83. The van der Waals surface area contributed by atoms with Gasteiger partial charge in [-0.25, -0.2) is 0 Å². The van der Waals surface area contributed by atoms with Crippen molar-refractivity contribution in [2.45, 2.75) is 0 Å². The fourth-order valence-corrected chi connectivity index (χ4v) is 1.02. The molecule has 0 spiro atoms. The number of nitrogens with one attached hydrogen (secondary N) is 1. The van der Waals surface area contributed by atoms with Crippen molar-refractivity contribution in [1.29, 1.82) is 5.41 Å². The Labute approximate surface area is 79.7 Å². The second kappa shape index (κ2) is 3.12. The molecule has 0 radical (unpaired) electrons. The Kier molecular flexibility index (Phi) is 2.37. The average Bonchev–Trinajstić information content (AvgIpc) is 2.34. The van der Waals surface area contributed by atoms with Crippen LogP contribution in [0, 0.1) is 5.41 Å². The quantitative estimate of drug-likeness (QED) is 0.587. The first-order valence-electron chi connectivity index (χ1n) is 3.10. The number of rotatable bonds is 0. The first kappa shape index (κ1) is 8.37. The van der Waals surface area contributed by atoms with Gasteiger partial charge in [-0.1, -0.05) is 18.2 Å². The molecule has 1 heterocycles. The number of benzene rings is 1. The summed E-state index contributed by atoms with van der Waals surface area (Å²) >= 11 is 0. The summed E-state index contributed by atoms with van der Waals surface area (Å²) in [6.45, 7) is 0. The number of nitrogens with zero attached hydrogens (tertiary/aromatic N) is 1. The van der Waals surface area contributed by atoms with Crippen molar-refractivity contribution in [3.8, 4) is 0 Å². The summed E-state index contributed by atoms with van der Waals surface area (Å²) < 4.78 is 0. The summed E-state index contributed by atoms with van der Waals surface area (Å²) in [7, 11) is 0. The van der Waals surface area contributed by atoms with Gasteiger partial charge < -0.3 is 0 Å². The van der Waals surface area contributed by atoms with E-state index >= 15 is 0 Å². The van der Waals surface area contributed by atoms with Crippen molar-refractivity contribution in [3.05, 3.63) is 29.8 Å². The van der Waals surface area contributed by atoms with Gasteiger partial charge in [-0.15, -0.1) is 0 Å². The summed E-state index contributed by atoms with van der Waals surface area (Å²) in [4.78, 5) is 4.03. The van der Waals surface area contributed by atoms with E-state index in [1.807, 2.05) is 24.3 Å². The number of aliphatic imine (C=N–C) groups is 1. The van der Waals surface area contributed by atoms with Gasteiger partial charge in [-0.2, -0.15) is 0 Å². The fourth-order valence-electron chi connectivity index (χ4n) is 1.02. The van der Waals surface area contributed by atoms with Crippen molar-refractivity contribution in [3.63, 3.8) is 0 Å². The molecule has 0 atom stereocenters. The normalized spacial score (nSPS) is 12.5. The summed E-state index contributed by atoms with van der Waals surface area (Å²) in [6, 6.07) is 7.66. The van der Waals surface area contributed by atoms with Crippen LogP contribution in [-0.4, -0.2) is 11.9 Å². The minimum absolute atomic E-state index is 0. The van der Waals surface area contributed by atoms with Crippen LogP contribution < -0.4 is 0 Å². The first-order chi connectivity index (χ1) is 4.88. The maximum atomic E-state index is 7.38. The topological polar surface area (TPSA) is 36.2 Å². The molecule has 0 saturated heterocycles. The Morgan fingerprint density at radius 2 is 1.91 bits per heavy atom. The monoisotopic (exact) mass is 178 g/mol. The smallest absolute Gasteiger partial charge is 0.0816 e. The van der Waals surface area contributed by atoms with Gasteiger partial charge in [-0.05, 0) is 6.07 Å². The molecule has 2 rings (SSSR count). The van der Waals surface area contributed by atoms with Crippen LogP contribution in [0.25, 0.3) is 0 Å². The zero-order valence-corrected chi connectivity index (χ0v) is 7.40. The van der Waals surface area contributed by atoms with Crippen molar-refractivity contribution in [2.24, 2.45) is 4.99 Å². The third kappa shape index (κ3) is 1.32. The molecule has 3 heteroatoms. The first-order valence-corrected chi connectivity index (χ1v) is 3.10. The second-order valence-corrected chi connectivity index (χ2v) is 2.19. The van der Waals surface area contributed by atoms with E-state index in [1.165, 1.54) is 0 Å². The molecular formula is C8H6N2Ti. The van der Waals surface area contributed by atoms with Gasteiger partial charge in [0, 0.05) is 27.3 Å². The van der Waals surface area contributed by atoms with Crippen LogP contribution in [0.5, 0.6) is 0 Å². The summed E-state index contributed by atoms with van der Waals surface area (Å²) in [6.07, 6.45) is 1.57. The molecule has 0 bridgehead atoms. The molecule has 1 aromatic rings. The molecule has 1 N–H and O–H groups in total. The van der Waals surface area contributed by atoms with Crippen LogP contribution in [0.3, 0.4) is 0 Å². The predicted octanol–water partition coefficient (Wildman–Crippen LogP) is 1.77. The third-order valence-electron chi connectivity index (χ3n) is 1.53. The molecule has 0 fully saturated rings. The molecule has 0 saturated carbocycles. The van der Waals surface area contributed by atoms with E-state index in [1.54, 1.807) is 6.21 Å². The van der Waals surface area contributed by atoms with E-state index in [9.17, 15) is 0 Å². The zero-order chi connectivity index (χ0) is 6.97. The Bertz CT molecular complexity index is 318. The van der Waals surface area contributed by atoms with Gasteiger partial charge in [-0.3, -0.25) is 10.4 Å². The standard InChI is InChI=1S/C8H6N2.Ti/c9-7-5-10-8-4-2-1-3-6(7)8;/h1-5,9H;. The Morgan fingerprint density at radius 1 is 1.18 bits per heavy atom. The number of hydrogen-bond donors (Lipinski definition) is 1. The predicted molar refractivity (Wildman–Crippen MR) is 41.4 cm³/mol. The molecule has 1 aliphatic rings. The van der Waals surface area contributed by atoms with Gasteiger partial charge in [0.15, 0.2) is 0 Å². The SMILES string of the molecule is N=C1C=Nc2ccccc21.[Ti]. The van der Waals surface area contributed by atoms with E-state index in [4.69, 9.17) is 5.41 Å². The summed E-state index contributed by atoms with van der Waals surface area (Å²) in [5.74, 6) is 0. The number of fused-ring (bicyclic) bond motifs is 1. The molecule has 0 amide bonds. The van der Waals surface area contributed by atoms with Gasteiger partial charge >= 0.3 is 0 Å². The Morgan fingerprint density at radius 3 is 2.64 bits per heavy atom. The van der Waals surface area contributed by atoms with Gasteiger partial charge in [0.05, 0.1) is 17.6 Å². The van der Waals surface area contributed by atoms with Crippen molar-refractivity contribution >= 4 is 17.6 Å². The largest absolute Gasteiger partial charge is 0.299 e. The van der Waals surface area contributed by atoms with E-state index < -0.39 is 0 Å². The number of hydrogen-bond acceptors (Lipinski definition) is 2. The van der Waals surface area contributed by atoms with E-state index in [-0.39, 0.29) is 21.7 Å². The van der Waals surface area contributed by atoms with Gasteiger partial charge in [0.1, 0.15) is 0 Å². The van der Waals surface area contributed by atoms with E-state index in [2.05, 4.69) is 4.99 Å². The third-order valence-corrected chi connectivity index (χ3v) is 1.53. The van der Waals surface area contributed by atoms with Crippen molar-refractivity contribution < 1.29 is 21.7 Å². The van der Waals surface area contributed by atoms with Crippen molar-refractivity contribution in [2.75, 3.05) is 0 Å². The molecule has 52 valence electrons. The number of para-hydroxylation sites is 1. The van der Waals surface area contributed by atoms with Crippen LogP contribution in [0.4, 0.5) is 5.69 Å². The van der Waals surface area contributed by atoms with Gasteiger partial charge in [0.25, 0.3) is 0 Å². The average molecular weight is 178 g/mol. The molecule has 0 aromatic heterocycles. The minimum atomic E-state index is 0. The maximum Gasteiger partial charge on any atom is 0.0816 e. The van der Waals surface area contributed by atoms with Crippen LogP contribution in [0.2, 0.25) is 0 Å². The molecule has 1 aromatic carbocycles. The molecule has 2 nitrogen and oxygen atoms in total. The van der Waals surface area contributed by atoms with Crippen LogP contribution >= 0.6 is 0 Å². The minimum Gasteiger partial charge on any atom is -0.299 e. The maximum absolute atomic E-state index is 7.38. The molecular weight excluding hydrogens is 172 g/mol. The molecule has 1 aliphatic heterocycles. The van der Waals surface area contributed by atoms with Crippen LogP contribution in [0.1, 0.15) is 5.56 Å².